The predicted molar refractivity (Wildman–Crippen MR) is 61.3 cm³/mol. The van der Waals surface area contributed by atoms with Crippen molar-refractivity contribution in [1.29, 1.82) is 0 Å². The van der Waals surface area contributed by atoms with Crippen molar-refractivity contribution in [2.75, 3.05) is 17.6 Å². The molecule has 0 radical (unpaired) electrons. The van der Waals surface area contributed by atoms with E-state index in [2.05, 4.69) is 10.4 Å². The highest BCUT2D eigenvalue weighted by Crippen LogP contribution is 2.39. The van der Waals surface area contributed by atoms with Crippen molar-refractivity contribution < 1.29 is 4.42 Å². The van der Waals surface area contributed by atoms with Crippen LogP contribution in [0.1, 0.15) is 23.7 Å². The molecule has 0 aliphatic carbocycles. The van der Waals surface area contributed by atoms with Crippen LogP contribution in [-0.2, 0) is 7.05 Å². The highest BCUT2D eigenvalue weighted by Gasteiger charge is 2.29. The fraction of sp³-hybridized carbons (Fsp3) is 0.364. The van der Waals surface area contributed by atoms with E-state index in [0.29, 0.717) is 5.82 Å². The van der Waals surface area contributed by atoms with Crippen LogP contribution in [0.2, 0.25) is 0 Å². The van der Waals surface area contributed by atoms with Crippen LogP contribution >= 0.6 is 0 Å². The second kappa shape index (κ2) is 3.30. The summed E-state index contributed by atoms with van der Waals surface area (Å²) in [5.41, 5.74) is 7.00. The smallest absolute Gasteiger partial charge is 0.151 e. The normalized spacial score (nSPS) is 19.2. The Hall–Kier alpha value is -1.91. The number of nitrogen functional groups attached to an aromatic ring is 1. The molecule has 5 heteroatoms. The van der Waals surface area contributed by atoms with E-state index in [9.17, 15) is 0 Å². The molecular weight excluding hydrogens is 204 g/mol. The Morgan fingerprint density at radius 2 is 2.50 bits per heavy atom. The maximum Gasteiger partial charge on any atom is 0.151 e. The molecule has 1 aliphatic heterocycles. The molecule has 1 unspecified atom stereocenters. The molecule has 2 aromatic heterocycles. The summed E-state index contributed by atoms with van der Waals surface area (Å²) in [5, 5.41) is 7.57. The molecule has 0 amide bonds. The van der Waals surface area contributed by atoms with Crippen LogP contribution in [0.5, 0.6) is 0 Å². The Balaban J connectivity index is 2.13. The SMILES string of the molecule is Cn1nc(N)c2c1NCCC2c1ccco1. The molecule has 0 fully saturated rings. The minimum absolute atomic E-state index is 0.222. The summed E-state index contributed by atoms with van der Waals surface area (Å²) in [4.78, 5) is 0. The summed E-state index contributed by atoms with van der Waals surface area (Å²) in [6.45, 7) is 0.914. The number of nitrogens with two attached hydrogens (primary N) is 1. The predicted octanol–water partition coefficient (Wildman–Crippen LogP) is 1.54. The van der Waals surface area contributed by atoms with Gasteiger partial charge in [0.1, 0.15) is 11.6 Å². The third-order valence-electron chi connectivity index (χ3n) is 3.07. The summed E-state index contributed by atoms with van der Waals surface area (Å²) in [5.74, 6) is 2.78. The largest absolute Gasteiger partial charge is 0.469 e. The fourth-order valence-corrected chi connectivity index (χ4v) is 2.37. The van der Waals surface area contributed by atoms with Crippen LogP contribution in [-0.4, -0.2) is 16.3 Å². The van der Waals surface area contributed by atoms with Gasteiger partial charge < -0.3 is 15.5 Å². The number of fused-ring (bicyclic) bond motifs is 1. The molecule has 1 aliphatic rings. The molecule has 0 saturated heterocycles. The molecule has 0 spiro atoms. The van der Waals surface area contributed by atoms with E-state index < -0.39 is 0 Å². The second-order valence-electron chi connectivity index (χ2n) is 4.05. The van der Waals surface area contributed by atoms with Gasteiger partial charge in [-0.2, -0.15) is 5.10 Å². The maximum atomic E-state index is 5.95. The lowest BCUT2D eigenvalue weighted by Gasteiger charge is -2.22. The van der Waals surface area contributed by atoms with Crippen molar-refractivity contribution in [2.45, 2.75) is 12.3 Å². The summed E-state index contributed by atoms with van der Waals surface area (Å²) in [7, 11) is 1.90. The number of anilines is 2. The number of aryl methyl sites for hydroxylation is 1. The molecule has 1 atom stereocenters. The average molecular weight is 218 g/mol. The van der Waals surface area contributed by atoms with E-state index in [1.54, 1.807) is 10.9 Å². The number of aromatic nitrogens is 2. The van der Waals surface area contributed by atoms with E-state index >= 15 is 0 Å². The van der Waals surface area contributed by atoms with Crippen molar-refractivity contribution in [3.05, 3.63) is 29.7 Å². The minimum Gasteiger partial charge on any atom is -0.469 e. The monoisotopic (exact) mass is 218 g/mol. The first kappa shape index (κ1) is 9.33. The van der Waals surface area contributed by atoms with Gasteiger partial charge in [-0.25, -0.2) is 0 Å². The fourth-order valence-electron chi connectivity index (χ4n) is 2.37. The zero-order valence-corrected chi connectivity index (χ0v) is 9.10. The zero-order valence-electron chi connectivity index (χ0n) is 9.10. The molecule has 5 nitrogen and oxygen atoms in total. The molecule has 0 aromatic carbocycles. The Labute approximate surface area is 93.2 Å². The summed E-state index contributed by atoms with van der Waals surface area (Å²) >= 11 is 0. The first-order valence-electron chi connectivity index (χ1n) is 5.37. The van der Waals surface area contributed by atoms with Crippen LogP contribution < -0.4 is 11.1 Å². The van der Waals surface area contributed by atoms with E-state index in [4.69, 9.17) is 10.2 Å². The first-order valence-corrected chi connectivity index (χ1v) is 5.37. The summed E-state index contributed by atoms with van der Waals surface area (Å²) in [6.07, 6.45) is 2.68. The molecular formula is C11H14N4O. The van der Waals surface area contributed by atoms with Gasteiger partial charge in [0.25, 0.3) is 0 Å². The van der Waals surface area contributed by atoms with Gasteiger partial charge in [-0.1, -0.05) is 0 Å². The van der Waals surface area contributed by atoms with Gasteiger partial charge in [0.05, 0.1) is 12.2 Å². The van der Waals surface area contributed by atoms with Crippen LogP contribution in [0, 0.1) is 0 Å². The first-order chi connectivity index (χ1) is 7.77. The number of hydrogen-bond acceptors (Lipinski definition) is 4. The van der Waals surface area contributed by atoms with Crippen molar-refractivity contribution >= 4 is 11.6 Å². The van der Waals surface area contributed by atoms with Crippen LogP contribution in [0.25, 0.3) is 0 Å². The quantitative estimate of drug-likeness (QED) is 0.761. The summed E-state index contributed by atoms with van der Waals surface area (Å²) < 4.78 is 7.27. The maximum absolute atomic E-state index is 5.95. The Bertz CT molecular complexity index is 500. The molecule has 3 rings (SSSR count). The number of nitrogens with zero attached hydrogens (tertiary/aromatic N) is 2. The highest BCUT2D eigenvalue weighted by atomic mass is 16.3. The lowest BCUT2D eigenvalue weighted by molar-refractivity contribution is 0.474. The van der Waals surface area contributed by atoms with Crippen molar-refractivity contribution in [2.24, 2.45) is 7.05 Å². The van der Waals surface area contributed by atoms with E-state index in [1.807, 2.05) is 19.2 Å². The van der Waals surface area contributed by atoms with Gasteiger partial charge in [0.2, 0.25) is 0 Å². The highest BCUT2D eigenvalue weighted by molar-refractivity contribution is 5.62. The van der Waals surface area contributed by atoms with Gasteiger partial charge in [0.15, 0.2) is 5.82 Å². The van der Waals surface area contributed by atoms with Gasteiger partial charge in [-0.05, 0) is 18.6 Å². The number of nitrogens with one attached hydrogen (secondary N) is 1. The van der Waals surface area contributed by atoms with Gasteiger partial charge >= 0.3 is 0 Å². The minimum atomic E-state index is 0.222. The van der Waals surface area contributed by atoms with Crippen LogP contribution in [0.3, 0.4) is 0 Å². The van der Waals surface area contributed by atoms with Gasteiger partial charge in [0, 0.05) is 19.2 Å². The molecule has 84 valence electrons. The molecule has 3 heterocycles. The zero-order chi connectivity index (χ0) is 11.1. The Kier molecular flexibility index (Phi) is 1.92. The number of rotatable bonds is 1. The van der Waals surface area contributed by atoms with Crippen LogP contribution in [0.4, 0.5) is 11.6 Å². The third kappa shape index (κ3) is 1.21. The molecule has 16 heavy (non-hydrogen) atoms. The Morgan fingerprint density at radius 1 is 1.62 bits per heavy atom. The molecule has 0 bridgehead atoms. The second-order valence-corrected chi connectivity index (χ2v) is 4.05. The summed E-state index contributed by atoms with van der Waals surface area (Å²) in [6, 6.07) is 3.90. The molecule has 0 saturated carbocycles. The average Bonchev–Trinajstić information content (AvgIpc) is 2.88. The van der Waals surface area contributed by atoms with Gasteiger partial charge in [-0.15, -0.1) is 0 Å². The molecule has 3 N–H and O–H groups in total. The standard InChI is InChI=1S/C11H14N4O/c1-15-11-9(10(12)14-15)7(4-5-13-11)8-3-2-6-16-8/h2-3,6-7,13H,4-5H2,1H3,(H2,12,14). The topological polar surface area (TPSA) is 69.0 Å². The lowest BCUT2D eigenvalue weighted by atomic mass is 9.92. The molecule has 2 aromatic rings. The van der Waals surface area contributed by atoms with Crippen molar-refractivity contribution in [1.82, 2.24) is 9.78 Å². The van der Waals surface area contributed by atoms with Crippen molar-refractivity contribution in [3.63, 3.8) is 0 Å². The van der Waals surface area contributed by atoms with Gasteiger partial charge in [-0.3, -0.25) is 4.68 Å². The Morgan fingerprint density at radius 3 is 3.25 bits per heavy atom. The lowest BCUT2D eigenvalue weighted by Crippen LogP contribution is -2.18. The number of hydrogen-bond donors (Lipinski definition) is 2. The number of furan rings is 1. The van der Waals surface area contributed by atoms with Crippen molar-refractivity contribution in [3.8, 4) is 0 Å². The van der Waals surface area contributed by atoms with E-state index in [-0.39, 0.29) is 5.92 Å². The van der Waals surface area contributed by atoms with E-state index in [1.165, 1.54) is 0 Å². The van der Waals surface area contributed by atoms with Crippen LogP contribution in [0.15, 0.2) is 22.8 Å². The van der Waals surface area contributed by atoms with E-state index in [0.717, 1.165) is 30.1 Å². The third-order valence-corrected chi connectivity index (χ3v) is 3.07.